The van der Waals surface area contributed by atoms with Crippen molar-refractivity contribution in [3.05, 3.63) is 12.2 Å². The summed E-state index contributed by atoms with van der Waals surface area (Å²) in [4.78, 5) is 0. The van der Waals surface area contributed by atoms with E-state index in [0.717, 1.165) is 0 Å². The second kappa shape index (κ2) is 12.3. The maximum atomic E-state index is 2.53. The predicted molar refractivity (Wildman–Crippen MR) is 89.1 cm³/mol. The van der Waals surface area contributed by atoms with Crippen molar-refractivity contribution in [2.24, 2.45) is 0 Å². The van der Waals surface area contributed by atoms with Crippen LogP contribution in [0.2, 0.25) is 21.0 Å². The third-order valence-corrected chi connectivity index (χ3v) is 16.4. The number of rotatable bonds is 12. The Hall–Kier alpha value is 0.283. The van der Waals surface area contributed by atoms with Crippen LogP contribution in [0.1, 0.15) is 72.6 Å². The number of allylic oxidation sites excluding steroid dienone is 2. The second-order valence-corrected chi connectivity index (χ2v) is 17.4. The molecular formula is C17H36Ge. The van der Waals surface area contributed by atoms with E-state index in [1.54, 1.807) is 0 Å². The first kappa shape index (κ1) is 18.3. The first-order chi connectivity index (χ1) is 8.74. The minimum absolute atomic E-state index is 1.32. The van der Waals surface area contributed by atoms with Gasteiger partial charge in [0.1, 0.15) is 0 Å². The minimum atomic E-state index is -1.41. The van der Waals surface area contributed by atoms with Crippen molar-refractivity contribution in [1.29, 1.82) is 0 Å². The van der Waals surface area contributed by atoms with Crippen molar-refractivity contribution < 1.29 is 0 Å². The van der Waals surface area contributed by atoms with Gasteiger partial charge in [0.15, 0.2) is 0 Å². The molecule has 0 spiro atoms. The van der Waals surface area contributed by atoms with E-state index >= 15 is 0 Å². The van der Waals surface area contributed by atoms with Crippen LogP contribution in [0.4, 0.5) is 0 Å². The van der Waals surface area contributed by atoms with Gasteiger partial charge in [-0.2, -0.15) is 0 Å². The molecule has 0 aromatic carbocycles. The first-order valence-electron chi connectivity index (χ1n) is 8.39. The molecule has 0 saturated carbocycles. The van der Waals surface area contributed by atoms with Crippen LogP contribution >= 0.6 is 0 Å². The summed E-state index contributed by atoms with van der Waals surface area (Å²) in [5, 5.41) is 6.00. The van der Waals surface area contributed by atoms with E-state index in [0.29, 0.717) is 0 Å². The quantitative estimate of drug-likeness (QED) is 0.211. The van der Waals surface area contributed by atoms with Crippen LogP contribution in [0.3, 0.4) is 0 Å². The zero-order chi connectivity index (χ0) is 13.7. The normalized spacial score (nSPS) is 12.4. The van der Waals surface area contributed by atoms with Crippen molar-refractivity contribution in [2.75, 3.05) is 0 Å². The molecule has 0 aromatic rings. The van der Waals surface area contributed by atoms with Crippen molar-refractivity contribution in [3.8, 4) is 0 Å². The van der Waals surface area contributed by atoms with Crippen LogP contribution in [-0.4, -0.2) is 13.3 Å². The Labute approximate surface area is 119 Å². The van der Waals surface area contributed by atoms with E-state index in [-0.39, 0.29) is 0 Å². The van der Waals surface area contributed by atoms with E-state index in [9.17, 15) is 0 Å². The zero-order valence-electron chi connectivity index (χ0n) is 13.4. The first-order valence-corrected chi connectivity index (χ1v) is 14.3. The average Bonchev–Trinajstić information content (AvgIpc) is 2.42. The Morgan fingerprint density at radius 3 is 1.78 bits per heavy atom. The molecule has 0 nitrogen and oxygen atoms in total. The third-order valence-electron chi connectivity index (χ3n) is 4.69. The summed E-state index contributed by atoms with van der Waals surface area (Å²) in [6, 6.07) is 0. The van der Waals surface area contributed by atoms with Gasteiger partial charge in [0.25, 0.3) is 0 Å². The summed E-state index contributed by atoms with van der Waals surface area (Å²) in [6.07, 6.45) is 14.8. The molecule has 0 heterocycles. The molecule has 0 amide bonds. The summed E-state index contributed by atoms with van der Waals surface area (Å²) in [5.41, 5.74) is 0. The van der Waals surface area contributed by atoms with Crippen LogP contribution in [-0.2, 0) is 0 Å². The Balaban J connectivity index is 3.58. The Morgan fingerprint density at radius 2 is 1.22 bits per heavy atom. The van der Waals surface area contributed by atoms with Gasteiger partial charge >= 0.3 is 119 Å². The van der Waals surface area contributed by atoms with Gasteiger partial charge < -0.3 is 0 Å². The van der Waals surface area contributed by atoms with E-state index in [2.05, 4.69) is 39.8 Å². The van der Waals surface area contributed by atoms with E-state index in [1.807, 2.05) is 0 Å². The van der Waals surface area contributed by atoms with Gasteiger partial charge in [0, 0.05) is 0 Å². The molecule has 0 saturated heterocycles. The third kappa shape index (κ3) is 8.40. The Morgan fingerprint density at radius 1 is 0.667 bits per heavy atom. The van der Waals surface area contributed by atoms with E-state index in [4.69, 9.17) is 0 Å². The molecule has 18 heavy (non-hydrogen) atoms. The average molecular weight is 313 g/mol. The fourth-order valence-corrected chi connectivity index (χ4v) is 9.04. The zero-order valence-corrected chi connectivity index (χ0v) is 15.5. The topological polar surface area (TPSA) is 0 Å². The molecular weight excluding hydrogens is 277 g/mol. The van der Waals surface area contributed by atoms with Gasteiger partial charge in [0.2, 0.25) is 0 Å². The summed E-state index contributed by atoms with van der Waals surface area (Å²) < 4.78 is 0. The molecule has 0 bridgehead atoms. The molecule has 0 aliphatic carbocycles. The van der Waals surface area contributed by atoms with Gasteiger partial charge in [-0.1, -0.05) is 0 Å². The molecule has 0 rings (SSSR count). The van der Waals surface area contributed by atoms with Gasteiger partial charge in [-0.05, 0) is 0 Å². The molecule has 0 atom stereocenters. The van der Waals surface area contributed by atoms with E-state index in [1.165, 1.54) is 66.0 Å². The van der Waals surface area contributed by atoms with Crippen LogP contribution in [0.25, 0.3) is 0 Å². The Kier molecular flexibility index (Phi) is 12.5. The van der Waals surface area contributed by atoms with Gasteiger partial charge in [-0.3, -0.25) is 0 Å². The summed E-state index contributed by atoms with van der Waals surface area (Å²) in [5.74, 6) is 0. The van der Waals surface area contributed by atoms with Gasteiger partial charge in [0.05, 0.1) is 0 Å². The van der Waals surface area contributed by atoms with Crippen LogP contribution in [0.5, 0.6) is 0 Å². The molecule has 0 N–H and O–H groups in total. The molecule has 0 aliphatic rings. The molecule has 0 radical (unpaired) electrons. The monoisotopic (exact) mass is 314 g/mol. The van der Waals surface area contributed by atoms with E-state index < -0.39 is 13.3 Å². The number of hydrogen-bond donors (Lipinski definition) is 0. The SMILES string of the molecule is CCCCCCCC/C=C/[CH2][Ge]([CH2]C)([CH2]C)[CH2]C. The van der Waals surface area contributed by atoms with Crippen molar-refractivity contribution in [1.82, 2.24) is 0 Å². The molecule has 0 unspecified atom stereocenters. The molecule has 0 fully saturated rings. The Bertz CT molecular complexity index is 184. The van der Waals surface area contributed by atoms with Crippen molar-refractivity contribution >= 4 is 13.3 Å². The summed E-state index contributed by atoms with van der Waals surface area (Å²) in [7, 11) is 0. The predicted octanol–water partition coefficient (Wildman–Crippen LogP) is 6.80. The van der Waals surface area contributed by atoms with Gasteiger partial charge in [-0.25, -0.2) is 0 Å². The standard InChI is InChI=1S/C17H36Ge/c1-5-9-10-11-12-13-14-15-16-17-18(6-2,7-3)8-4/h15-16H,5-14,17H2,1-4H3/b16-15+. The van der Waals surface area contributed by atoms with Crippen molar-refractivity contribution in [3.63, 3.8) is 0 Å². The van der Waals surface area contributed by atoms with Gasteiger partial charge in [-0.15, -0.1) is 0 Å². The molecule has 108 valence electrons. The molecule has 0 aromatic heterocycles. The number of unbranched alkanes of at least 4 members (excludes halogenated alkanes) is 6. The molecule has 1 heteroatoms. The van der Waals surface area contributed by atoms with Crippen LogP contribution in [0.15, 0.2) is 12.2 Å². The van der Waals surface area contributed by atoms with Crippen LogP contribution < -0.4 is 0 Å². The molecule has 0 aliphatic heterocycles. The second-order valence-electron chi connectivity index (χ2n) is 5.79. The van der Waals surface area contributed by atoms with Crippen molar-refractivity contribution in [2.45, 2.75) is 93.7 Å². The number of hydrogen-bond acceptors (Lipinski definition) is 0. The fourth-order valence-electron chi connectivity index (χ4n) is 2.68. The fraction of sp³-hybridized carbons (Fsp3) is 0.882. The maximum absolute atomic E-state index is 2.53. The summed E-state index contributed by atoms with van der Waals surface area (Å²) in [6.45, 7) is 9.56. The van der Waals surface area contributed by atoms with Crippen LogP contribution in [0, 0.1) is 0 Å². The summed E-state index contributed by atoms with van der Waals surface area (Å²) >= 11 is -1.41.